The molecule has 0 radical (unpaired) electrons. The molecule has 96 valence electrons. The Kier molecular flexibility index (Phi) is 2.83. The highest BCUT2D eigenvalue weighted by atomic mass is 32.1. The zero-order valence-corrected chi connectivity index (χ0v) is 11.5. The number of aromatic nitrogens is 2. The number of benzene rings is 1. The Bertz CT molecular complexity index is 713. The quantitative estimate of drug-likeness (QED) is 0.772. The van der Waals surface area contributed by atoms with E-state index in [-0.39, 0.29) is 0 Å². The van der Waals surface area contributed by atoms with Gasteiger partial charge in [-0.25, -0.2) is 4.98 Å². The Morgan fingerprint density at radius 1 is 1.16 bits per heavy atom. The second kappa shape index (κ2) is 4.51. The molecule has 0 saturated carbocycles. The fourth-order valence-corrected chi connectivity index (χ4v) is 2.55. The van der Waals surface area contributed by atoms with Crippen LogP contribution in [0.25, 0.3) is 22.5 Å². The van der Waals surface area contributed by atoms with Crippen molar-refractivity contribution in [1.82, 2.24) is 10.1 Å². The smallest absolute Gasteiger partial charge is 0.230 e. The van der Waals surface area contributed by atoms with Gasteiger partial charge in [0.15, 0.2) is 0 Å². The van der Waals surface area contributed by atoms with Crippen LogP contribution in [0.4, 0.5) is 5.88 Å². The average molecular weight is 271 g/mol. The molecule has 19 heavy (non-hydrogen) atoms. The van der Waals surface area contributed by atoms with E-state index in [0.717, 1.165) is 21.8 Å². The Labute approximate surface area is 114 Å². The summed E-state index contributed by atoms with van der Waals surface area (Å²) < 4.78 is 5.14. The molecular weight excluding hydrogens is 258 g/mol. The van der Waals surface area contributed by atoms with E-state index >= 15 is 0 Å². The van der Waals surface area contributed by atoms with Gasteiger partial charge in [-0.1, -0.05) is 35.0 Å². The predicted octanol–water partition coefficient (Wildman–Crippen LogP) is 3.66. The van der Waals surface area contributed by atoms with E-state index < -0.39 is 0 Å². The predicted molar refractivity (Wildman–Crippen MR) is 76.9 cm³/mol. The maximum absolute atomic E-state index is 5.90. The molecule has 0 bridgehead atoms. The number of anilines is 1. The Morgan fingerprint density at radius 2 is 1.89 bits per heavy atom. The molecule has 0 unspecified atom stereocenters. The summed E-state index contributed by atoms with van der Waals surface area (Å²) in [6.45, 7) is 4.01. The molecule has 3 aromatic rings. The highest BCUT2D eigenvalue weighted by Gasteiger charge is 2.19. The van der Waals surface area contributed by atoms with Gasteiger partial charge in [0.1, 0.15) is 11.4 Å². The van der Waals surface area contributed by atoms with Crippen LogP contribution in [0, 0.1) is 13.8 Å². The first-order valence-electron chi connectivity index (χ1n) is 5.90. The first-order valence-corrected chi connectivity index (χ1v) is 6.78. The van der Waals surface area contributed by atoms with Gasteiger partial charge in [-0.3, -0.25) is 0 Å². The Balaban J connectivity index is 2.16. The highest BCUT2D eigenvalue weighted by molar-refractivity contribution is 7.09. The fraction of sp³-hybridized carbons (Fsp3) is 0.143. The molecule has 0 amide bonds. The maximum atomic E-state index is 5.90. The van der Waals surface area contributed by atoms with Crippen LogP contribution in [-0.4, -0.2) is 10.1 Å². The van der Waals surface area contributed by atoms with Gasteiger partial charge in [-0.15, -0.1) is 11.3 Å². The summed E-state index contributed by atoms with van der Waals surface area (Å²) in [6, 6.07) is 8.11. The Morgan fingerprint density at radius 3 is 2.53 bits per heavy atom. The van der Waals surface area contributed by atoms with Gasteiger partial charge in [-0.2, -0.15) is 0 Å². The van der Waals surface area contributed by atoms with Crippen LogP contribution in [-0.2, 0) is 0 Å². The lowest BCUT2D eigenvalue weighted by Gasteiger charge is -2.01. The molecule has 0 fully saturated rings. The van der Waals surface area contributed by atoms with E-state index in [9.17, 15) is 0 Å². The lowest BCUT2D eigenvalue weighted by atomic mass is 10.0. The van der Waals surface area contributed by atoms with Gasteiger partial charge in [0.05, 0.1) is 10.6 Å². The summed E-state index contributed by atoms with van der Waals surface area (Å²) in [5.41, 5.74) is 10.4. The first-order chi connectivity index (χ1) is 9.15. The number of hydrogen-bond acceptors (Lipinski definition) is 5. The largest absolute Gasteiger partial charge is 0.367 e. The molecule has 5 heteroatoms. The van der Waals surface area contributed by atoms with Crippen molar-refractivity contribution in [1.29, 1.82) is 0 Å². The van der Waals surface area contributed by atoms with E-state index in [1.54, 1.807) is 11.3 Å². The molecule has 0 aliphatic carbocycles. The molecule has 0 saturated heterocycles. The number of aryl methyl sites for hydroxylation is 2. The molecular formula is C14H13N3OS. The van der Waals surface area contributed by atoms with Crippen LogP contribution in [0.3, 0.4) is 0 Å². The third-order valence-corrected chi connectivity index (χ3v) is 3.69. The fourth-order valence-electron chi connectivity index (χ4n) is 1.95. The van der Waals surface area contributed by atoms with Crippen LogP contribution < -0.4 is 5.73 Å². The minimum Gasteiger partial charge on any atom is -0.367 e. The number of nitrogens with zero attached hydrogens (tertiary/aromatic N) is 2. The van der Waals surface area contributed by atoms with Gasteiger partial charge in [0.2, 0.25) is 5.88 Å². The van der Waals surface area contributed by atoms with E-state index in [1.165, 1.54) is 5.56 Å². The van der Waals surface area contributed by atoms with Crippen molar-refractivity contribution < 1.29 is 4.52 Å². The van der Waals surface area contributed by atoms with E-state index in [0.29, 0.717) is 11.6 Å². The van der Waals surface area contributed by atoms with Crippen molar-refractivity contribution in [2.24, 2.45) is 0 Å². The molecule has 0 atom stereocenters. The summed E-state index contributed by atoms with van der Waals surface area (Å²) in [4.78, 5) is 4.44. The zero-order chi connectivity index (χ0) is 13.4. The van der Waals surface area contributed by atoms with Crippen LogP contribution >= 0.6 is 11.3 Å². The van der Waals surface area contributed by atoms with E-state index in [2.05, 4.69) is 10.1 Å². The SMILES string of the molecule is Cc1ccc(-c2c(-c3csc(C)n3)noc2N)cc1. The van der Waals surface area contributed by atoms with Crippen molar-refractivity contribution in [3.05, 3.63) is 40.2 Å². The monoisotopic (exact) mass is 271 g/mol. The maximum Gasteiger partial charge on any atom is 0.230 e. The van der Waals surface area contributed by atoms with Gasteiger partial charge >= 0.3 is 0 Å². The zero-order valence-electron chi connectivity index (χ0n) is 10.7. The third kappa shape index (κ3) is 2.13. The minimum absolute atomic E-state index is 0.324. The number of nitrogen functional groups attached to an aromatic ring is 1. The number of thiazole rings is 1. The van der Waals surface area contributed by atoms with Crippen molar-refractivity contribution in [2.75, 3.05) is 5.73 Å². The highest BCUT2D eigenvalue weighted by Crippen LogP contribution is 2.36. The van der Waals surface area contributed by atoms with Gasteiger partial charge in [0, 0.05) is 5.38 Å². The molecule has 0 spiro atoms. The summed E-state index contributed by atoms with van der Waals surface area (Å²) >= 11 is 1.58. The van der Waals surface area contributed by atoms with Gasteiger partial charge in [-0.05, 0) is 19.4 Å². The normalized spacial score (nSPS) is 10.8. The van der Waals surface area contributed by atoms with Crippen molar-refractivity contribution in [3.63, 3.8) is 0 Å². The Hall–Kier alpha value is -2.14. The summed E-state index contributed by atoms with van der Waals surface area (Å²) in [5, 5.41) is 7.00. The molecule has 0 aliphatic rings. The second-order valence-electron chi connectivity index (χ2n) is 4.39. The van der Waals surface area contributed by atoms with E-state index in [1.807, 2.05) is 43.5 Å². The molecule has 2 heterocycles. The molecule has 2 N–H and O–H groups in total. The number of rotatable bonds is 2. The lowest BCUT2D eigenvalue weighted by molar-refractivity contribution is 0.439. The first kappa shape index (κ1) is 11.9. The van der Waals surface area contributed by atoms with Gasteiger partial charge in [0.25, 0.3) is 0 Å². The topological polar surface area (TPSA) is 64.9 Å². The van der Waals surface area contributed by atoms with Crippen LogP contribution in [0.2, 0.25) is 0 Å². The van der Waals surface area contributed by atoms with Crippen molar-refractivity contribution >= 4 is 17.2 Å². The van der Waals surface area contributed by atoms with Crippen LogP contribution in [0.5, 0.6) is 0 Å². The summed E-state index contributed by atoms with van der Waals surface area (Å²) in [7, 11) is 0. The number of hydrogen-bond donors (Lipinski definition) is 1. The lowest BCUT2D eigenvalue weighted by Crippen LogP contribution is -1.88. The molecule has 4 nitrogen and oxygen atoms in total. The van der Waals surface area contributed by atoms with E-state index in [4.69, 9.17) is 10.3 Å². The average Bonchev–Trinajstić information content (AvgIpc) is 2.97. The summed E-state index contributed by atoms with van der Waals surface area (Å²) in [6.07, 6.45) is 0. The standard InChI is InChI=1S/C14H13N3OS/c1-8-3-5-10(6-4-8)12-13(17-18-14(12)15)11-7-19-9(2)16-11/h3-7H,15H2,1-2H3. The van der Waals surface area contributed by atoms with Crippen molar-refractivity contribution in [2.45, 2.75) is 13.8 Å². The second-order valence-corrected chi connectivity index (χ2v) is 5.45. The molecule has 1 aromatic carbocycles. The minimum atomic E-state index is 0.324. The summed E-state index contributed by atoms with van der Waals surface area (Å²) in [5.74, 6) is 0.324. The molecule has 2 aromatic heterocycles. The molecule has 3 rings (SSSR count). The molecule has 0 aliphatic heterocycles. The number of nitrogens with two attached hydrogens (primary N) is 1. The third-order valence-electron chi connectivity index (χ3n) is 2.92. The van der Waals surface area contributed by atoms with Crippen molar-refractivity contribution in [3.8, 4) is 22.5 Å². The van der Waals surface area contributed by atoms with Crippen LogP contribution in [0.15, 0.2) is 34.2 Å². The van der Waals surface area contributed by atoms with Crippen LogP contribution in [0.1, 0.15) is 10.6 Å². The van der Waals surface area contributed by atoms with Gasteiger partial charge < -0.3 is 10.3 Å².